The van der Waals surface area contributed by atoms with Gasteiger partial charge in [0.25, 0.3) is 5.92 Å². The molecule has 0 amide bonds. The van der Waals surface area contributed by atoms with Gasteiger partial charge in [0.15, 0.2) is 11.6 Å². The van der Waals surface area contributed by atoms with Crippen molar-refractivity contribution in [1.29, 1.82) is 0 Å². The number of rotatable bonds is 12. The standard InChI is InChI=1S/C29H39F3N4O3/c1-29(31,32)20-16-23(26(39-3)24(30)17-20)25(28(37)38)36-15-12-22(18-36)35(2)14-6-4-5-9-21-11-10-19-8-7-13-33-27(19)34-21/h10-11,16-17,22,25H,4-9,12-15,18H2,1-3H3,(H,33,34)(H,37,38)/t22-,25+/m1/s1. The van der Waals surface area contributed by atoms with Crippen LogP contribution in [0.15, 0.2) is 24.3 Å². The van der Waals surface area contributed by atoms with E-state index < -0.39 is 29.3 Å². The van der Waals surface area contributed by atoms with Gasteiger partial charge >= 0.3 is 5.97 Å². The first-order valence-electron chi connectivity index (χ1n) is 13.7. The Balaban J connectivity index is 1.31. The number of unbranched alkanes of at least 4 members (excludes halogenated alkanes) is 2. The minimum absolute atomic E-state index is 0.0872. The lowest BCUT2D eigenvalue weighted by molar-refractivity contribution is -0.143. The minimum atomic E-state index is -3.31. The summed E-state index contributed by atoms with van der Waals surface area (Å²) in [5.41, 5.74) is 1.74. The number of halogens is 3. The average Bonchev–Trinajstić information content (AvgIpc) is 3.37. The summed E-state index contributed by atoms with van der Waals surface area (Å²) in [6.45, 7) is 3.41. The van der Waals surface area contributed by atoms with Crippen molar-refractivity contribution < 1.29 is 27.8 Å². The summed E-state index contributed by atoms with van der Waals surface area (Å²) in [6, 6.07) is 4.91. The number of fused-ring (bicyclic) bond motifs is 1. The number of pyridine rings is 1. The molecule has 4 rings (SSSR count). The SMILES string of the molecule is COc1c(F)cc(C(C)(F)F)cc1[C@@H](C(=O)O)N1CC[C@@H](N(C)CCCCCc2ccc3c(n2)NCCC3)C1. The van der Waals surface area contributed by atoms with Gasteiger partial charge in [0.2, 0.25) is 0 Å². The fraction of sp³-hybridized carbons (Fsp3) is 0.586. The van der Waals surface area contributed by atoms with E-state index in [1.165, 1.54) is 12.7 Å². The van der Waals surface area contributed by atoms with Gasteiger partial charge in [-0.3, -0.25) is 9.69 Å². The zero-order valence-electron chi connectivity index (χ0n) is 23.0. The number of hydrogen-bond donors (Lipinski definition) is 2. The average molecular weight is 549 g/mol. The molecule has 2 aliphatic rings. The number of aliphatic carboxylic acids is 1. The summed E-state index contributed by atoms with van der Waals surface area (Å²) in [4.78, 5) is 21.0. The van der Waals surface area contributed by atoms with Crippen molar-refractivity contribution >= 4 is 11.8 Å². The number of ether oxygens (including phenoxy) is 1. The van der Waals surface area contributed by atoms with Crippen molar-refractivity contribution in [3.8, 4) is 5.75 Å². The molecule has 0 spiro atoms. The Hall–Kier alpha value is -2.85. The Morgan fingerprint density at radius 3 is 2.82 bits per heavy atom. The second kappa shape index (κ2) is 12.6. The van der Waals surface area contributed by atoms with Gasteiger partial charge in [0, 0.05) is 49.4 Å². The number of carbonyl (C=O) groups is 1. The van der Waals surface area contributed by atoms with Crippen molar-refractivity contribution in [2.45, 2.75) is 69.9 Å². The molecular weight excluding hydrogens is 509 g/mol. The van der Waals surface area contributed by atoms with E-state index in [2.05, 4.69) is 22.3 Å². The van der Waals surface area contributed by atoms with Crippen LogP contribution in [0.1, 0.15) is 67.5 Å². The maximum absolute atomic E-state index is 14.7. The number of carboxylic acids is 1. The Kier molecular flexibility index (Phi) is 9.38. The molecule has 0 unspecified atom stereocenters. The van der Waals surface area contributed by atoms with Gasteiger partial charge in [0.1, 0.15) is 11.9 Å². The van der Waals surface area contributed by atoms with Crippen molar-refractivity contribution in [2.75, 3.05) is 45.7 Å². The summed E-state index contributed by atoms with van der Waals surface area (Å²) >= 11 is 0. The van der Waals surface area contributed by atoms with E-state index in [1.807, 2.05) is 7.05 Å². The molecule has 1 aromatic heterocycles. The highest BCUT2D eigenvalue weighted by Crippen LogP contribution is 2.39. The predicted molar refractivity (Wildman–Crippen MR) is 144 cm³/mol. The summed E-state index contributed by atoms with van der Waals surface area (Å²) in [7, 11) is 3.24. The first-order chi connectivity index (χ1) is 18.6. The van der Waals surface area contributed by atoms with Crippen LogP contribution in [0.25, 0.3) is 0 Å². The number of methoxy groups -OCH3 is 1. The van der Waals surface area contributed by atoms with Gasteiger partial charge in [-0.05, 0) is 75.9 Å². The molecule has 7 nitrogen and oxygen atoms in total. The topological polar surface area (TPSA) is 77.9 Å². The van der Waals surface area contributed by atoms with Gasteiger partial charge in [-0.15, -0.1) is 0 Å². The van der Waals surface area contributed by atoms with E-state index in [9.17, 15) is 23.1 Å². The van der Waals surface area contributed by atoms with Crippen LogP contribution in [0.5, 0.6) is 5.75 Å². The van der Waals surface area contributed by atoms with Gasteiger partial charge < -0.3 is 20.1 Å². The largest absolute Gasteiger partial charge is 0.493 e. The van der Waals surface area contributed by atoms with Crippen LogP contribution in [-0.2, 0) is 23.6 Å². The molecule has 0 bridgehead atoms. The summed E-state index contributed by atoms with van der Waals surface area (Å²) in [6.07, 6.45) is 7.01. The molecule has 1 fully saturated rings. The molecule has 0 radical (unpaired) electrons. The molecule has 2 aliphatic heterocycles. The Labute approximate surface area is 228 Å². The number of alkyl halides is 2. The molecular formula is C29H39F3N4O3. The maximum Gasteiger partial charge on any atom is 0.325 e. The molecule has 2 aromatic rings. The number of aryl methyl sites for hydroxylation is 2. The van der Waals surface area contributed by atoms with E-state index >= 15 is 0 Å². The lowest BCUT2D eigenvalue weighted by atomic mass is 9.98. The summed E-state index contributed by atoms with van der Waals surface area (Å²) < 4.78 is 47.8. The van der Waals surface area contributed by atoms with Crippen molar-refractivity contribution in [2.24, 2.45) is 0 Å². The van der Waals surface area contributed by atoms with Crippen molar-refractivity contribution in [3.05, 3.63) is 52.5 Å². The number of hydrogen-bond acceptors (Lipinski definition) is 6. The van der Waals surface area contributed by atoms with E-state index in [-0.39, 0.29) is 17.4 Å². The number of carboxylic acid groups (broad SMARTS) is 1. The molecule has 0 aliphatic carbocycles. The third kappa shape index (κ3) is 7.03. The van der Waals surface area contributed by atoms with Crippen LogP contribution in [-0.4, -0.2) is 72.2 Å². The van der Waals surface area contributed by atoms with Gasteiger partial charge in [0.05, 0.1) is 7.11 Å². The molecule has 2 N–H and O–H groups in total. The van der Waals surface area contributed by atoms with Gasteiger partial charge in [-0.25, -0.2) is 18.2 Å². The molecule has 1 aromatic carbocycles. The van der Waals surface area contributed by atoms with Gasteiger partial charge in [-0.2, -0.15) is 0 Å². The lowest BCUT2D eigenvalue weighted by Crippen LogP contribution is -2.38. The highest BCUT2D eigenvalue weighted by Gasteiger charge is 2.38. The molecule has 214 valence electrons. The van der Waals surface area contributed by atoms with Crippen LogP contribution in [0.2, 0.25) is 0 Å². The highest BCUT2D eigenvalue weighted by atomic mass is 19.3. The third-order valence-electron chi connectivity index (χ3n) is 7.89. The van der Waals surface area contributed by atoms with Crippen LogP contribution in [0.3, 0.4) is 0 Å². The van der Waals surface area contributed by atoms with Crippen molar-refractivity contribution in [3.63, 3.8) is 0 Å². The number of aromatic nitrogens is 1. The molecule has 1 saturated heterocycles. The number of benzene rings is 1. The molecule has 10 heteroatoms. The van der Waals surface area contributed by atoms with Crippen LogP contribution in [0.4, 0.5) is 19.0 Å². The van der Waals surface area contributed by atoms with Crippen LogP contribution in [0, 0.1) is 5.82 Å². The fourth-order valence-electron chi connectivity index (χ4n) is 5.67. The quantitative estimate of drug-likeness (QED) is 0.351. The zero-order valence-corrected chi connectivity index (χ0v) is 23.0. The third-order valence-corrected chi connectivity index (χ3v) is 7.89. The minimum Gasteiger partial charge on any atom is -0.493 e. The Morgan fingerprint density at radius 1 is 1.31 bits per heavy atom. The smallest absolute Gasteiger partial charge is 0.325 e. The second-order valence-electron chi connectivity index (χ2n) is 10.8. The first-order valence-corrected chi connectivity index (χ1v) is 13.7. The predicted octanol–water partition coefficient (Wildman–Crippen LogP) is 5.24. The maximum atomic E-state index is 14.7. The van der Waals surface area contributed by atoms with Crippen LogP contribution >= 0.6 is 0 Å². The summed E-state index contributed by atoms with van der Waals surface area (Å²) in [5, 5.41) is 13.4. The molecule has 0 saturated carbocycles. The number of anilines is 1. The Morgan fingerprint density at radius 2 is 2.10 bits per heavy atom. The fourth-order valence-corrected chi connectivity index (χ4v) is 5.67. The van der Waals surface area contributed by atoms with E-state index in [0.29, 0.717) is 26.1 Å². The first kappa shape index (κ1) is 29.1. The molecule has 3 heterocycles. The normalized spacial score (nSPS) is 18.6. The van der Waals surface area contributed by atoms with Crippen molar-refractivity contribution in [1.82, 2.24) is 14.8 Å². The number of likely N-dealkylation sites (N-methyl/N-ethyl adjacent to an activating group) is 1. The number of likely N-dealkylation sites (tertiary alicyclic amines) is 1. The lowest BCUT2D eigenvalue weighted by Gasteiger charge is -2.29. The number of nitrogens with zero attached hydrogens (tertiary/aromatic N) is 3. The molecule has 2 atom stereocenters. The summed E-state index contributed by atoms with van der Waals surface area (Å²) in [5.74, 6) is -4.81. The van der Waals surface area contributed by atoms with Crippen LogP contribution < -0.4 is 10.1 Å². The van der Waals surface area contributed by atoms with E-state index in [1.54, 1.807) is 4.90 Å². The highest BCUT2D eigenvalue weighted by molar-refractivity contribution is 5.77. The van der Waals surface area contributed by atoms with Gasteiger partial charge in [-0.1, -0.05) is 12.5 Å². The second-order valence-corrected chi connectivity index (χ2v) is 10.8. The number of nitrogens with one attached hydrogen (secondary N) is 1. The monoisotopic (exact) mass is 548 g/mol. The zero-order chi connectivity index (χ0) is 28.2. The van der Waals surface area contributed by atoms with E-state index in [0.717, 1.165) is 75.6 Å². The molecule has 39 heavy (non-hydrogen) atoms. The Bertz CT molecular complexity index is 1160. The van der Waals surface area contributed by atoms with E-state index in [4.69, 9.17) is 9.72 Å².